The maximum atomic E-state index is 5.19. The fraction of sp³-hybridized carbons (Fsp3) is 0.538. The van der Waals surface area contributed by atoms with Crippen LogP contribution in [0.5, 0.6) is 0 Å². The van der Waals surface area contributed by atoms with Crippen LogP contribution in [0.15, 0.2) is 24.3 Å². The van der Waals surface area contributed by atoms with Crippen molar-refractivity contribution in [3.05, 3.63) is 35.4 Å². The fourth-order valence-corrected chi connectivity index (χ4v) is 2.31. The molecule has 0 aliphatic carbocycles. The third-order valence-electron chi connectivity index (χ3n) is 3.07. The van der Waals surface area contributed by atoms with Crippen LogP contribution in [0.3, 0.4) is 0 Å². The zero-order valence-electron chi connectivity index (χ0n) is 9.49. The number of nitrogens with one attached hydrogen (secondary N) is 1. The second-order valence-electron chi connectivity index (χ2n) is 4.43. The Balaban J connectivity index is 2.01. The van der Waals surface area contributed by atoms with E-state index in [2.05, 4.69) is 36.5 Å². The molecule has 82 valence electrons. The monoisotopic (exact) mass is 205 g/mol. The van der Waals surface area contributed by atoms with Gasteiger partial charge in [0.25, 0.3) is 0 Å². The van der Waals surface area contributed by atoms with E-state index in [0.717, 1.165) is 13.2 Å². The van der Waals surface area contributed by atoms with Crippen LogP contribution in [0.2, 0.25) is 0 Å². The summed E-state index contributed by atoms with van der Waals surface area (Å²) in [4.78, 5) is 0. The molecular weight excluding hydrogens is 186 g/mol. The SMILES string of the molecule is COCC1CNC(c2cccc(C)c2)C1. The van der Waals surface area contributed by atoms with Gasteiger partial charge >= 0.3 is 0 Å². The van der Waals surface area contributed by atoms with Crippen molar-refractivity contribution in [3.63, 3.8) is 0 Å². The van der Waals surface area contributed by atoms with Gasteiger partial charge in [-0.05, 0) is 24.8 Å². The molecule has 1 heterocycles. The highest BCUT2D eigenvalue weighted by molar-refractivity contribution is 5.25. The van der Waals surface area contributed by atoms with E-state index in [1.807, 2.05) is 0 Å². The van der Waals surface area contributed by atoms with Crippen molar-refractivity contribution in [3.8, 4) is 0 Å². The average Bonchev–Trinajstić information content (AvgIpc) is 2.67. The molecule has 2 nitrogen and oxygen atoms in total. The predicted octanol–water partition coefficient (Wildman–Crippen LogP) is 2.29. The van der Waals surface area contributed by atoms with Crippen LogP contribution >= 0.6 is 0 Å². The van der Waals surface area contributed by atoms with Crippen LogP contribution in [-0.2, 0) is 4.74 Å². The Labute approximate surface area is 91.6 Å². The van der Waals surface area contributed by atoms with E-state index in [4.69, 9.17) is 4.74 Å². The Kier molecular flexibility index (Phi) is 3.39. The van der Waals surface area contributed by atoms with Crippen LogP contribution in [0, 0.1) is 12.8 Å². The lowest BCUT2D eigenvalue weighted by Crippen LogP contribution is -2.15. The average molecular weight is 205 g/mol. The molecule has 1 aliphatic heterocycles. The number of rotatable bonds is 3. The molecule has 0 spiro atoms. The Morgan fingerprint density at radius 3 is 3.07 bits per heavy atom. The van der Waals surface area contributed by atoms with Gasteiger partial charge in [-0.2, -0.15) is 0 Å². The van der Waals surface area contributed by atoms with E-state index in [-0.39, 0.29) is 0 Å². The van der Waals surface area contributed by atoms with Gasteiger partial charge in [-0.3, -0.25) is 0 Å². The number of ether oxygens (including phenoxy) is 1. The molecule has 0 bridgehead atoms. The first-order chi connectivity index (χ1) is 7.29. The molecular formula is C13H19NO. The largest absolute Gasteiger partial charge is 0.384 e. The number of methoxy groups -OCH3 is 1. The van der Waals surface area contributed by atoms with Gasteiger partial charge < -0.3 is 10.1 Å². The van der Waals surface area contributed by atoms with Gasteiger partial charge in [-0.15, -0.1) is 0 Å². The molecule has 1 aromatic carbocycles. The van der Waals surface area contributed by atoms with Gasteiger partial charge in [0.15, 0.2) is 0 Å². The first-order valence-electron chi connectivity index (χ1n) is 5.58. The van der Waals surface area contributed by atoms with Gasteiger partial charge in [0.2, 0.25) is 0 Å². The molecule has 1 aromatic rings. The lowest BCUT2D eigenvalue weighted by atomic mass is 9.99. The molecule has 1 N–H and O–H groups in total. The van der Waals surface area contributed by atoms with Gasteiger partial charge in [-0.25, -0.2) is 0 Å². The summed E-state index contributed by atoms with van der Waals surface area (Å²) in [5, 5.41) is 3.56. The van der Waals surface area contributed by atoms with Crippen LogP contribution in [0.1, 0.15) is 23.6 Å². The highest BCUT2D eigenvalue weighted by Gasteiger charge is 2.24. The quantitative estimate of drug-likeness (QED) is 0.817. The molecule has 2 atom stereocenters. The fourth-order valence-electron chi connectivity index (χ4n) is 2.31. The van der Waals surface area contributed by atoms with E-state index < -0.39 is 0 Å². The summed E-state index contributed by atoms with van der Waals surface area (Å²) in [5.74, 6) is 0.667. The Hall–Kier alpha value is -0.860. The molecule has 2 unspecified atom stereocenters. The first-order valence-corrected chi connectivity index (χ1v) is 5.58. The normalized spacial score (nSPS) is 25.7. The minimum atomic E-state index is 0.519. The lowest BCUT2D eigenvalue weighted by molar-refractivity contribution is 0.159. The molecule has 2 rings (SSSR count). The Morgan fingerprint density at radius 1 is 1.47 bits per heavy atom. The molecule has 2 heteroatoms. The van der Waals surface area contributed by atoms with Crippen molar-refractivity contribution < 1.29 is 4.74 Å². The topological polar surface area (TPSA) is 21.3 Å². The van der Waals surface area contributed by atoms with Gasteiger partial charge in [-0.1, -0.05) is 29.8 Å². The van der Waals surface area contributed by atoms with Crippen LogP contribution < -0.4 is 5.32 Å². The van der Waals surface area contributed by atoms with E-state index in [9.17, 15) is 0 Å². The molecule has 0 radical (unpaired) electrons. The van der Waals surface area contributed by atoms with Crippen molar-refractivity contribution in [2.75, 3.05) is 20.3 Å². The smallest absolute Gasteiger partial charge is 0.0503 e. The van der Waals surface area contributed by atoms with E-state index in [1.54, 1.807) is 7.11 Å². The zero-order valence-corrected chi connectivity index (χ0v) is 9.49. The molecule has 1 saturated heterocycles. The zero-order chi connectivity index (χ0) is 10.7. The predicted molar refractivity (Wildman–Crippen MR) is 61.9 cm³/mol. The maximum absolute atomic E-state index is 5.19. The number of hydrogen-bond acceptors (Lipinski definition) is 2. The summed E-state index contributed by atoms with van der Waals surface area (Å²) in [5.41, 5.74) is 2.75. The molecule has 1 fully saturated rings. The summed E-state index contributed by atoms with van der Waals surface area (Å²) in [6, 6.07) is 9.28. The van der Waals surface area contributed by atoms with Crippen molar-refractivity contribution in [1.82, 2.24) is 5.32 Å². The summed E-state index contributed by atoms with van der Waals surface area (Å²) in [7, 11) is 1.78. The minimum Gasteiger partial charge on any atom is -0.384 e. The summed E-state index contributed by atoms with van der Waals surface area (Å²) >= 11 is 0. The van der Waals surface area contributed by atoms with E-state index in [1.165, 1.54) is 17.5 Å². The second kappa shape index (κ2) is 4.77. The van der Waals surface area contributed by atoms with Gasteiger partial charge in [0, 0.05) is 19.7 Å². The van der Waals surface area contributed by atoms with E-state index in [0.29, 0.717) is 12.0 Å². The maximum Gasteiger partial charge on any atom is 0.0503 e. The van der Waals surface area contributed by atoms with Crippen molar-refractivity contribution in [2.24, 2.45) is 5.92 Å². The van der Waals surface area contributed by atoms with Gasteiger partial charge in [0.1, 0.15) is 0 Å². The summed E-state index contributed by atoms with van der Waals surface area (Å²) in [6.45, 7) is 4.09. The highest BCUT2D eigenvalue weighted by Crippen LogP contribution is 2.27. The van der Waals surface area contributed by atoms with Crippen LogP contribution in [-0.4, -0.2) is 20.3 Å². The van der Waals surface area contributed by atoms with Crippen LogP contribution in [0.25, 0.3) is 0 Å². The standard InChI is InChI=1S/C13H19NO/c1-10-4-3-5-12(6-10)13-7-11(8-14-13)9-15-2/h3-6,11,13-14H,7-9H2,1-2H3. The summed E-state index contributed by atoms with van der Waals surface area (Å²) < 4.78 is 5.19. The van der Waals surface area contributed by atoms with Crippen molar-refractivity contribution in [1.29, 1.82) is 0 Å². The Morgan fingerprint density at radius 2 is 2.33 bits per heavy atom. The number of hydrogen-bond donors (Lipinski definition) is 1. The second-order valence-corrected chi connectivity index (χ2v) is 4.43. The molecule has 1 aliphatic rings. The Bertz CT molecular complexity index is 324. The third-order valence-corrected chi connectivity index (χ3v) is 3.07. The lowest BCUT2D eigenvalue weighted by Gasteiger charge is -2.11. The molecule has 0 saturated carbocycles. The highest BCUT2D eigenvalue weighted by atomic mass is 16.5. The number of aryl methyl sites for hydroxylation is 1. The molecule has 0 amide bonds. The van der Waals surface area contributed by atoms with Gasteiger partial charge in [0.05, 0.1) is 6.61 Å². The molecule has 15 heavy (non-hydrogen) atoms. The van der Waals surface area contributed by atoms with Crippen LogP contribution in [0.4, 0.5) is 0 Å². The van der Waals surface area contributed by atoms with Crippen molar-refractivity contribution >= 4 is 0 Å². The summed E-state index contributed by atoms with van der Waals surface area (Å²) in [6.07, 6.45) is 1.19. The molecule has 0 aromatic heterocycles. The first kappa shape index (κ1) is 10.7. The number of benzene rings is 1. The van der Waals surface area contributed by atoms with E-state index >= 15 is 0 Å². The minimum absolute atomic E-state index is 0.519. The van der Waals surface area contributed by atoms with Crippen molar-refractivity contribution in [2.45, 2.75) is 19.4 Å². The third kappa shape index (κ3) is 2.58.